The maximum absolute atomic E-state index is 13.3. The van der Waals surface area contributed by atoms with Crippen LogP contribution in [0.1, 0.15) is 54.9 Å². The van der Waals surface area contributed by atoms with Crippen molar-refractivity contribution in [1.82, 2.24) is 9.78 Å². The molecule has 3 aromatic rings. The van der Waals surface area contributed by atoms with Gasteiger partial charge in [-0.2, -0.15) is 5.10 Å². The summed E-state index contributed by atoms with van der Waals surface area (Å²) in [4.78, 5) is 30.3. The van der Waals surface area contributed by atoms with E-state index in [1.54, 1.807) is 11.3 Å². The monoisotopic (exact) mass is 485 g/mol. The van der Waals surface area contributed by atoms with E-state index in [0.29, 0.717) is 12.8 Å². The van der Waals surface area contributed by atoms with Gasteiger partial charge in [0.25, 0.3) is 0 Å². The van der Waals surface area contributed by atoms with Crippen LogP contribution in [0.15, 0.2) is 77.3 Å². The van der Waals surface area contributed by atoms with E-state index < -0.39 is 12.0 Å². The molecule has 2 atom stereocenters. The Hall–Kier alpha value is -3.58. The lowest BCUT2D eigenvalue weighted by Gasteiger charge is -2.17. The molecule has 5 rings (SSSR count). The summed E-state index contributed by atoms with van der Waals surface area (Å²) in [6.45, 7) is 0. The van der Waals surface area contributed by atoms with E-state index in [1.165, 1.54) is 0 Å². The Morgan fingerprint density at radius 1 is 1.09 bits per heavy atom. The standard InChI is InChI=1S/C28H27N3O3S/c32-24(13-7-15-26(33)34)28-21(17-23(29-28)25-14-8-16-35-25)22-18-31(20-11-5-2-6-12-20)30-27(22)19-9-3-1-4-10-19/h1,3-5,8-12,14,16,18,21,28H,2,6-7,13,15,17H2,(H,33,34). The number of thiophene rings is 1. The highest BCUT2D eigenvalue weighted by atomic mass is 32.1. The van der Waals surface area contributed by atoms with Crippen molar-refractivity contribution in [3.63, 3.8) is 0 Å². The van der Waals surface area contributed by atoms with E-state index in [4.69, 9.17) is 15.2 Å². The molecule has 0 saturated heterocycles. The number of hydrogen-bond acceptors (Lipinski definition) is 5. The number of benzene rings is 1. The normalized spacial score (nSPS) is 19.4. The largest absolute Gasteiger partial charge is 0.481 e. The number of allylic oxidation sites excluding steroid dienone is 4. The summed E-state index contributed by atoms with van der Waals surface area (Å²) < 4.78 is 1.92. The number of ketones is 1. The summed E-state index contributed by atoms with van der Waals surface area (Å²) in [5, 5.41) is 16.0. The average molecular weight is 486 g/mol. The van der Waals surface area contributed by atoms with Gasteiger partial charge in [0.05, 0.1) is 17.1 Å². The number of aromatic nitrogens is 2. The summed E-state index contributed by atoms with van der Waals surface area (Å²) in [5.74, 6) is -1.04. The average Bonchev–Trinajstić information content (AvgIpc) is 3.64. The Morgan fingerprint density at radius 3 is 2.66 bits per heavy atom. The van der Waals surface area contributed by atoms with Crippen molar-refractivity contribution < 1.29 is 14.7 Å². The zero-order valence-corrected chi connectivity index (χ0v) is 20.2. The molecule has 6 nitrogen and oxygen atoms in total. The Balaban J connectivity index is 1.54. The van der Waals surface area contributed by atoms with E-state index in [0.717, 1.165) is 45.9 Å². The summed E-state index contributed by atoms with van der Waals surface area (Å²) in [7, 11) is 0. The van der Waals surface area contributed by atoms with E-state index in [9.17, 15) is 9.59 Å². The zero-order chi connectivity index (χ0) is 24.2. The molecule has 0 fully saturated rings. The lowest BCUT2D eigenvalue weighted by molar-refractivity contribution is -0.137. The van der Waals surface area contributed by atoms with Gasteiger partial charge >= 0.3 is 5.97 Å². The second-order valence-electron chi connectivity index (χ2n) is 8.87. The van der Waals surface area contributed by atoms with Crippen molar-refractivity contribution in [2.45, 2.75) is 50.5 Å². The molecule has 0 radical (unpaired) electrons. The number of carbonyl (C=O) groups excluding carboxylic acids is 1. The summed E-state index contributed by atoms with van der Waals surface area (Å²) >= 11 is 1.62. The number of carboxylic acid groups (broad SMARTS) is 1. The Bertz CT molecular complexity index is 1300. The van der Waals surface area contributed by atoms with Crippen LogP contribution in [0.5, 0.6) is 0 Å². The van der Waals surface area contributed by atoms with Gasteiger partial charge in [-0.05, 0) is 36.8 Å². The highest BCUT2D eigenvalue weighted by molar-refractivity contribution is 7.12. The molecule has 35 heavy (non-hydrogen) atoms. The third-order valence-corrected chi connectivity index (χ3v) is 7.39. The summed E-state index contributed by atoms with van der Waals surface area (Å²) in [5.41, 5.74) is 4.83. The third-order valence-electron chi connectivity index (χ3n) is 6.47. The van der Waals surface area contributed by atoms with Crippen molar-refractivity contribution in [2.24, 2.45) is 4.99 Å². The molecule has 0 saturated carbocycles. The van der Waals surface area contributed by atoms with Gasteiger partial charge in [-0.1, -0.05) is 48.6 Å². The molecular formula is C28H27N3O3S. The lowest BCUT2D eigenvalue weighted by atomic mass is 9.85. The number of aliphatic imine (C=N–C) groups is 1. The molecule has 3 heterocycles. The van der Waals surface area contributed by atoms with Gasteiger partial charge in [0.15, 0.2) is 5.78 Å². The fraction of sp³-hybridized carbons (Fsp3) is 0.286. The fourth-order valence-corrected chi connectivity index (χ4v) is 5.49. The van der Waals surface area contributed by atoms with Gasteiger partial charge < -0.3 is 5.11 Å². The predicted molar refractivity (Wildman–Crippen MR) is 139 cm³/mol. The molecular weight excluding hydrogens is 458 g/mol. The first-order chi connectivity index (χ1) is 17.1. The molecule has 2 aliphatic rings. The molecule has 1 aliphatic heterocycles. The van der Waals surface area contributed by atoms with Gasteiger partial charge in [-0.25, -0.2) is 4.68 Å². The third kappa shape index (κ3) is 5.10. The molecule has 1 aromatic carbocycles. The number of carbonyl (C=O) groups is 2. The number of rotatable bonds is 9. The minimum absolute atomic E-state index is 0.00801. The maximum Gasteiger partial charge on any atom is 0.303 e. The Morgan fingerprint density at radius 2 is 1.94 bits per heavy atom. The highest BCUT2D eigenvalue weighted by Gasteiger charge is 2.38. The second kappa shape index (κ2) is 10.4. The molecule has 1 aliphatic carbocycles. The second-order valence-corrected chi connectivity index (χ2v) is 9.82. The van der Waals surface area contributed by atoms with Gasteiger partial charge in [-0.15, -0.1) is 11.3 Å². The van der Waals surface area contributed by atoms with E-state index >= 15 is 0 Å². The van der Waals surface area contributed by atoms with Crippen LogP contribution in [0.25, 0.3) is 17.0 Å². The van der Waals surface area contributed by atoms with Crippen LogP contribution in [0, 0.1) is 0 Å². The van der Waals surface area contributed by atoms with Crippen molar-refractivity contribution in [3.05, 3.63) is 82.7 Å². The van der Waals surface area contributed by atoms with Crippen LogP contribution in [0.4, 0.5) is 0 Å². The molecule has 2 aromatic heterocycles. The Kier molecular flexibility index (Phi) is 6.86. The van der Waals surface area contributed by atoms with E-state index in [2.05, 4.69) is 24.4 Å². The summed E-state index contributed by atoms with van der Waals surface area (Å²) in [6.07, 6.45) is 11.6. The summed E-state index contributed by atoms with van der Waals surface area (Å²) in [6, 6.07) is 13.5. The van der Waals surface area contributed by atoms with Crippen molar-refractivity contribution in [2.75, 3.05) is 0 Å². The van der Waals surface area contributed by atoms with Gasteiger partial charge in [0.2, 0.25) is 0 Å². The minimum Gasteiger partial charge on any atom is -0.481 e. The van der Waals surface area contributed by atoms with Gasteiger partial charge in [-0.3, -0.25) is 14.6 Å². The van der Waals surface area contributed by atoms with Gasteiger partial charge in [0, 0.05) is 47.4 Å². The molecule has 0 spiro atoms. The van der Waals surface area contributed by atoms with Crippen LogP contribution in [0.2, 0.25) is 0 Å². The first-order valence-corrected chi connectivity index (χ1v) is 12.9. The van der Waals surface area contributed by atoms with Crippen LogP contribution in [0.3, 0.4) is 0 Å². The fourth-order valence-electron chi connectivity index (χ4n) is 4.76. The van der Waals surface area contributed by atoms with Crippen molar-refractivity contribution in [1.29, 1.82) is 0 Å². The van der Waals surface area contributed by atoms with Gasteiger partial charge in [0.1, 0.15) is 6.04 Å². The predicted octanol–water partition coefficient (Wildman–Crippen LogP) is 5.97. The number of carboxylic acids is 1. The number of aliphatic carboxylic acids is 1. The zero-order valence-electron chi connectivity index (χ0n) is 19.3. The molecule has 0 bridgehead atoms. The topological polar surface area (TPSA) is 84.5 Å². The van der Waals surface area contributed by atoms with Crippen LogP contribution in [-0.2, 0) is 9.59 Å². The quantitative estimate of drug-likeness (QED) is 0.405. The number of hydrogen-bond donors (Lipinski definition) is 1. The molecule has 2 unspecified atom stereocenters. The molecule has 7 heteroatoms. The molecule has 0 amide bonds. The van der Waals surface area contributed by atoms with Crippen molar-refractivity contribution in [3.8, 4) is 11.3 Å². The van der Waals surface area contributed by atoms with Crippen LogP contribution >= 0.6 is 11.3 Å². The van der Waals surface area contributed by atoms with E-state index in [1.807, 2.05) is 52.5 Å². The molecule has 1 N–H and O–H groups in total. The van der Waals surface area contributed by atoms with E-state index in [-0.39, 0.29) is 24.5 Å². The minimum atomic E-state index is -0.884. The van der Waals surface area contributed by atoms with Crippen LogP contribution < -0.4 is 0 Å². The lowest BCUT2D eigenvalue weighted by Crippen LogP contribution is -2.23. The Labute approximate surface area is 208 Å². The first-order valence-electron chi connectivity index (χ1n) is 12.0. The molecule has 178 valence electrons. The number of Topliss-reactive ketones (excluding diaryl/α,β-unsaturated/α-hetero) is 1. The highest BCUT2D eigenvalue weighted by Crippen LogP contribution is 2.40. The van der Waals surface area contributed by atoms with Crippen LogP contribution in [-0.4, -0.2) is 38.4 Å². The van der Waals surface area contributed by atoms with Crippen molar-refractivity contribution >= 4 is 34.5 Å². The smallest absolute Gasteiger partial charge is 0.303 e. The SMILES string of the molecule is O=C(O)CCCC(=O)C1N=C(c2cccs2)CC1c1cn(C2=CCCC=C2)nc1-c1ccccc1. The first kappa shape index (κ1) is 23.2. The maximum atomic E-state index is 13.3. The number of nitrogens with zero attached hydrogens (tertiary/aromatic N) is 3.